The van der Waals surface area contributed by atoms with E-state index in [-0.39, 0.29) is 9.52 Å². The molecule has 2 aliphatic rings. The Hall–Kier alpha value is -0.190. The van der Waals surface area contributed by atoms with Crippen LogP contribution in [0.15, 0.2) is 40.9 Å². The summed E-state index contributed by atoms with van der Waals surface area (Å²) >= 11 is 10.2. The molecule has 0 N–H and O–H groups in total. The van der Waals surface area contributed by atoms with E-state index in [0.717, 1.165) is 12.0 Å². The molecular weight excluding hydrogens is 460 g/mol. The van der Waals surface area contributed by atoms with Gasteiger partial charge >= 0.3 is 0 Å². The predicted molar refractivity (Wildman–Crippen MR) is 97.7 cm³/mol. The Kier molecular flexibility index (Phi) is 4.87. The first-order valence-electron chi connectivity index (χ1n) is 7.07. The summed E-state index contributed by atoms with van der Waals surface area (Å²) in [5.74, 6) is 1.09. The second kappa shape index (κ2) is 6.51. The first-order chi connectivity index (χ1) is 10.1. The zero-order chi connectivity index (χ0) is 15.0. The van der Waals surface area contributed by atoms with E-state index >= 15 is 0 Å². The number of aryl methyl sites for hydroxylation is 1. The van der Waals surface area contributed by atoms with Crippen LogP contribution in [-0.2, 0) is 6.42 Å². The quantitative estimate of drug-likeness (QED) is 0.387. The van der Waals surface area contributed by atoms with Crippen LogP contribution in [0.1, 0.15) is 40.2 Å². The third-order valence-corrected chi connectivity index (χ3v) is 5.63. The molecule has 0 bridgehead atoms. The molecule has 3 rings (SSSR count). The van der Waals surface area contributed by atoms with E-state index in [1.165, 1.54) is 28.5 Å². The first kappa shape index (κ1) is 15.7. The molecule has 110 valence electrons. The van der Waals surface area contributed by atoms with Gasteiger partial charge in [0.2, 0.25) is 0 Å². The number of hydrogen-bond acceptors (Lipinski definition) is 1. The summed E-state index contributed by atoms with van der Waals surface area (Å²) in [5, 5.41) is 0. The number of alkyl halides is 2. The highest BCUT2D eigenvalue weighted by Gasteiger charge is 2.27. The Morgan fingerprint density at radius 1 is 1.29 bits per heavy atom. The van der Waals surface area contributed by atoms with Crippen molar-refractivity contribution in [1.82, 2.24) is 0 Å². The van der Waals surface area contributed by atoms with E-state index in [1.54, 1.807) is 0 Å². The molecule has 1 aromatic rings. The average molecular weight is 475 g/mol. The maximum absolute atomic E-state index is 12.1. The fourth-order valence-corrected chi connectivity index (χ4v) is 4.27. The fraction of sp³-hybridized carbons (Fsp3) is 0.353. The number of carbonyl (C=O) groups is 1. The van der Waals surface area contributed by atoms with Crippen LogP contribution in [0.3, 0.4) is 0 Å². The number of rotatable bonds is 2. The molecule has 2 atom stereocenters. The Bertz CT molecular complexity index is 631. The molecule has 0 aliphatic heterocycles. The zero-order valence-electron chi connectivity index (χ0n) is 11.4. The van der Waals surface area contributed by atoms with Gasteiger partial charge < -0.3 is 0 Å². The summed E-state index contributed by atoms with van der Waals surface area (Å²) in [4.78, 5) is 12.1. The largest absolute Gasteiger partial charge is 0.292 e. The molecule has 21 heavy (non-hydrogen) atoms. The highest BCUT2D eigenvalue weighted by molar-refractivity contribution is 9.25. The number of halogens is 3. The molecule has 2 aliphatic carbocycles. The predicted octanol–water partition coefficient (Wildman–Crippen LogP) is 5.87. The van der Waals surface area contributed by atoms with Gasteiger partial charge in [-0.3, -0.25) is 4.79 Å². The van der Waals surface area contributed by atoms with Crippen molar-refractivity contribution in [2.75, 3.05) is 0 Å². The van der Waals surface area contributed by atoms with Crippen molar-refractivity contribution < 1.29 is 4.79 Å². The molecular formula is C17H15Br3O. The highest BCUT2D eigenvalue weighted by Crippen LogP contribution is 2.41. The third-order valence-electron chi connectivity index (χ3n) is 4.27. The van der Waals surface area contributed by atoms with Gasteiger partial charge in [0.05, 0.1) is 0 Å². The maximum Gasteiger partial charge on any atom is 0.187 e. The summed E-state index contributed by atoms with van der Waals surface area (Å²) in [6.45, 7) is 0. The monoisotopic (exact) mass is 472 g/mol. The SMILES string of the molecule is O=C(c1ccc2c(c1)CCCC1C=C(Br)C=CC21)C(Br)Br. The average Bonchev–Trinajstić information content (AvgIpc) is 2.64. The number of Topliss-reactive ketones (excluding diaryl/α,β-unsaturated/α-hetero) is 1. The minimum absolute atomic E-state index is 0.0837. The molecule has 0 radical (unpaired) electrons. The van der Waals surface area contributed by atoms with Crippen LogP contribution >= 0.6 is 47.8 Å². The van der Waals surface area contributed by atoms with Gasteiger partial charge in [0.15, 0.2) is 5.78 Å². The van der Waals surface area contributed by atoms with Crippen molar-refractivity contribution in [3.05, 3.63) is 57.6 Å². The van der Waals surface area contributed by atoms with Crippen LogP contribution < -0.4 is 0 Å². The van der Waals surface area contributed by atoms with Crippen LogP contribution in [0.4, 0.5) is 0 Å². The Morgan fingerprint density at radius 2 is 2.10 bits per heavy atom. The summed E-state index contributed by atoms with van der Waals surface area (Å²) in [6, 6.07) is 6.18. The smallest absolute Gasteiger partial charge is 0.187 e. The van der Waals surface area contributed by atoms with E-state index in [9.17, 15) is 4.79 Å². The lowest BCUT2D eigenvalue weighted by atomic mass is 9.81. The van der Waals surface area contributed by atoms with Crippen molar-refractivity contribution in [3.63, 3.8) is 0 Å². The molecule has 1 nitrogen and oxygen atoms in total. The molecule has 1 aromatic carbocycles. The normalized spacial score (nSPS) is 24.1. The molecule has 0 spiro atoms. The van der Waals surface area contributed by atoms with Crippen LogP contribution in [0.25, 0.3) is 0 Å². The summed E-state index contributed by atoms with van der Waals surface area (Å²) in [6.07, 6.45) is 10.2. The molecule has 0 fully saturated rings. The lowest BCUT2D eigenvalue weighted by molar-refractivity contribution is 0.101. The highest BCUT2D eigenvalue weighted by atomic mass is 79.9. The first-order valence-corrected chi connectivity index (χ1v) is 9.69. The molecule has 0 aromatic heterocycles. The topological polar surface area (TPSA) is 17.1 Å². The van der Waals surface area contributed by atoms with Crippen molar-refractivity contribution in [2.45, 2.75) is 28.9 Å². The van der Waals surface area contributed by atoms with Crippen molar-refractivity contribution >= 4 is 53.6 Å². The fourth-order valence-electron chi connectivity index (χ4n) is 3.25. The van der Waals surface area contributed by atoms with Gasteiger partial charge in [-0.15, -0.1) is 0 Å². The van der Waals surface area contributed by atoms with Crippen molar-refractivity contribution in [3.8, 4) is 0 Å². The van der Waals surface area contributed by atoms with Crippen molar-refractivity contribution in [1.29, 1.82) is 0 Å². The molecule has 0 saturated carbocycles. The molecule has 2 unspecified atom stereocenters. The minimum Gasteiger partial charge on any atom is -0.292 e. The van der Waals surface area contributed by atoms with Gasteiger partial charge in [-0.1, -0.05) is 78.2 Å². The van der Waals surface area contributed by atoms with Gasteiger partial charge in [-0.2, -0.15) is 0 Å². The van der Waals surface area contributed by atoms with E-state index in [1.807, 2.05) is 6.07 Å². The Balaban J connectivity index is 1.99. The van der Waals surface area contributed by atoms with Crippen LogP contribution in [0, 0.1) is 5.92 Å². The van der Waals surface area contributed by atoms with Gasteiger partial charge in [0.25, 0.3) is 0 Å². The standard InChI is InChI=1S/C17H15Br3O/c18-13-5-7-15-11(9-13)3-1-2-10-8-12(4-6-14(10)15)16(21)17(19)20/h4-9,11,15,17H,1-3H2. The van der Waals surface area contributed by atoms with Crippen LogP contribution in [0.2, 0.25) is 0 Å². The van der Waals surface area contributed by atoms with Gasteiger partial charge in [0.1, 0.15) is 3.74 Å². The van der Waals surface area contributed by atoms with Gasteiger partial charge in [0, 0.05) is 16.0 Å². The molecule has 0 amide bonds. The number of carbonyl (C=O) groups excluding carboxylic acids is 1. The summed E-state index contributed by atoms with van der Waals surface area (Å²) in [7, 11) is 0. The van der Waals surface area contributed by atoms with E-state index in [2.05, 4.69) is 78.2 Å². The second-order valence-corrected chi connectivity index (χ2v) is 9.55. The summed E-state index contributed by atoms with van der Waals surface area (Å²) < 4.78 is 0.871. The zero-order valence-corrected chi connectivity index (χ0v) is 16.1. The Morgan fingerprint density at radius 3 is 2.86 bits per heavy atom. The van der Waals surface area contributed by atoms with E-state index < -0.39 is 0 Å². The van der Waals surface area contributed by atoms with Gasteiger partial charge in [-0.05, 0) is 42.4 Å². The molecule has 0 saturated heterocycles. The molecule has 4 heteroatoms. The lowest BCUT2D eigenvalue weighted by Gasteiger charge is -2.24. The van der Waals surface area contributed by atoms with Gasteiger partial charge in [-0.25, -0.2) is 0 Å². The van der Waals surface area contributed by atoms with E-state index in [4.69, 9.17) is 0 Å². The van der Waals surface area contributed by atoms with Crippen LogP contribution in [0.5, 0.6) is 0 Å². The Labute approximate surface area is 150 Å². The van der Waals surface area contributed by atoms with Crippen LogP contribution in [-0.4, -0.2) is 9.52 Å². The number of allylic oxidation sites excluding steroid dienone is 4. The minimum atomic E-state index is -0.310. The van der Waals surface area contributed by atoms with E-state index in [0.29, 0.717) is 11.8 Å². The summed E-state index contributed by atoms with van der Waals surface area (Å²) in [5.41, 5.74) is 3.48. The number of benzene rings is 1. The second-order valence-electron chi connectivity index (χ2n) is 5.57. The number of fused-ring (bicyclic) bond motifs is 3. The van der Waals surface area contributed by atoms with Crippen molar-refractivity contribution in [2.24, 2.45) is 5.92 Å². The number of hydrogen-bond donors (Lipinski definition) is 0. The maximum atomic E-state index is 12.1. The molecule has 0 heterocycles. The lowest BCUT2D eigenvalue weighted by Crippen LogP contribution is -2.12. The number of ketones is 1. The third kappa shape index (κ3) is 3.27.